The molecule has 0 saturated carbocycles. The topological polar surface area (TPSA) is 37.6 Å². The minimum absolute atomic E-state index is 0.194. The van der Waals surface area contributed by atoms with Gasteiger partial charge in [-0.2, -0.15) is 0 Å². The maximum absolute atomic E-state index is 5.65. The second-order valence-corrected chi connectivity index (χ2v) is 17.6. The Kier molecular flexibility index (Phi) is 12.7. The molecular formula is C53H47Cl2FeN3. The van der Waals surface area contributed by atoms with Gasteiger partial charge in [-0.25, -0.2) is 15.0 Å². The minimum atomic E-state index is 0.194. The molecule has 6 aromatic carbocycles. The third-order valence-corrected chi connectivity index (χ3v) is 11.5. The summed E-state index contributed by atoms with van der Waals surface area (Å²) in [6.45, 7) is 8.56. The van der Waals surface area contributed by atoms with Crippen LogP contribution in [0.2, 0.25) is 0 Å². The Balaban J connectivity index is 0.00000157. The summed E-state index contributed by atoms with van der Waals surface area (Å²) in [4.78, 5) is 16.9. The number of aryl methyl sites for hydroxylation is 6. The molecule has 0 bridgehead atoms. The fraction of sp³-hybridized carbons (Fsp3) is 0.189. The third-order valence-electron chi connectivity index (χ3n) is 11.5. The van der Waals surface area contributed by atoms with Crippen molar-refractivity contribution in [2.24, 2.45) is 9.98 Å². The zero-order valence-corrected chi connectivity index (χ0v) is 36.6. The molecule has 6 heteroatoms. The van der Waals surface area contributed by atoms with Gasteiger partial charge in [-0.15, -0.1) is 0 Å². The van der Waals surface area contributed by atoms with E-state index >= 15 is 0 Å². The molecule has 0 radical (unpaired) electrons. The van der Waals surface area contributed by atoms with Crippen molar-refractivity contribution in [1.29, 1.82) is 0 Å². The van der Waals surface area contributed by atoms with Crippen molar-refractivity contribution in [3.8, 4) is 44.5 Å². The molecule has 2 aliphatic rings. The summed E-state index contributed by atoms with van der Waals surface area (Å²) in [6.07, 6.45) is 5.91. The monoisotopic (exact) mass is 851 g/mol. The van der Waals surface area contributed by atoms with Gasteiger partial charge < -0.3 is 0 Å². The van der Waals surface area contributed by atoms with Crippen LogP contribution < -0.4 is 0 Å². The standard InChI is InChI=1S/C53H47N3.2ClH.Fe/c1-34-17-25-38(26-18-34)44-11-7-12-45(39-27-19-35(2)20-28-39)52(44)54-48-15-5-9-42-33-43-10-6-16-49(51(43)56-50(42)48)55-53-46(40-29-21-36(3)22-30-40)13-8-14-47(53)41-31-23-37(4)24-32-41;;;/h7-8,11-14,17-33H,5-6,9-10,15-16H2,1-4H3;2*1H;/q;;;+2/p-2. The average Bonchev–Trinajstić information content (AvgIpc) is 3.25. The molecule has 2 aliphatic carbocycles. The number of benzene rings is 6. The predicted molar refractivity (Wildman–Crippen MR) is 248 cm³/mol. The summed E-state index contributed by atoms with van der Waals surface area (Å²) in [5.74, 6) is 0. The van der Waals surface area contributed by atoms with Crippen LogP contribution in [0, 0.1) is 27.7 Å². The average molecular weight is 853 g/mol. The van der Waals surface area contributed by atoms with E-state index in [4.69, 9.17) is 35.2 Å². The number of hydrogen-bond acceptors (Lipinski definition) is 3. The summed E-state index contributed by atoms with van der Waals surface area (Å²) in [5.41, 5.74) is 23.0. The number of nitrogens with zero attached hydrogens (tertiary/aromatic N) is 3. The van der Waals surface area contributed by atoms with Gasteiger partial charge in [0, 0.05) is 22.3 Å². The molecule has 1 heterocycles. The molecule has 59 heavy (non-hydrogen) atoms. The number of para-hydroxylation sites is 2. The van der Waals surface area contributed by atoms with E-state index in [9.17, 15) is 0 Å². The summed E-state index contributed by atoms with van der Waals surface area (Å²) >= 11 is 0.194. The van der Waals surface area contributed by atoms with Crippen LogP contribution >= 0.6 is 20.2 Å². The molecule has 1 aromatic heterocycles. The number of aromatic nitrogens is 1. The van der Waals surface area contributed by atoms with E-state index < -0.39 is 0 Å². The van der Waals surface area contributed by atoms with Crippen molar-refractivity contribution in [2.75, 3.05) is 0 Å². The molecule has 9 rings (SSSR count). The van der Waals surface area contributed by atoms with Crippen LogP contribution in [0.4, 0.5) is 11.4 Å². The molecule has 3 nitrogen and oxygen atoms in total. The molecule has 0 saturated heterocycles. The van der Waals surface area contributed by atoms with Crippen LogP contribution in [-0.2, 0) is 26.0 Å². The van der Waals surface area contributed by atoms with Gasteiger partial charge in [0.2, 0.25) is 0 Å². The molecule has 0 unspecified atom stereocenters. The van der Waals surface area contributed by atoms with Crippen molar-refractivity contribution in [3.05, 3.63) is 184 Å². The van der Waals surface area contributed by atoms with Crippen LogP contribution in [0.25, 0.3) is 44.5 Å². The Morgan fingerprint density at radius 2 is 0.712 bits per heavy atom. The first-order valence-corrected chi connectivity index (χ1v) is 23.4. The van der Waals surface area contributed by atoms with Gasteiger partial charge in [-0.1, -0.05) is 162 Å². The summed E-state index contributed by atoms with van der Waals surface area (Å²) in [6, 6.07) is 50.9. The Bertz CT molecular complexity index is 2350. The van der Waals surface area contributed by atoms with E-state index in [0.29, 0.717) is 0 Å². The van der Waals surface area contributed by atoms with E-state index in [2.05, 4.69) is 167 Å². The van der Waals surface area contributed by atoms with Crippen molar-refractivity contribution in [3.63, 3.8) is 0 Å². The molecule has 0 fully saturated rings. The van der Waals surface area contributed by atoms with Gasteiger partial charge in [-0.05, 0) is 99.6 Å². The van der Waals surface area contributed by atoms with Gasteiger partial charge in [0.1, 0.15) is 0 Å². The molecule has 0 spiro atoms. The fourth-order valence-electron chi connectivity index (χ4n) is 8.29. The summed E-state index contributed by atoms with van der Waals surface area (Å²) in [5, 5.41) is 0. The molecule has 0 aliphatic heterocycles. The second kappa shape index (κ2) is 18.4. The van der Waals surface area contributed by atoms with Crippen LogP contribution in [0.3, 0.4) is 0 Å². The Labute approximate surface area is 364 Å². The Morgan fingerprint density at radius 3 is 1.00 bits per heavy atom. The first-order chi connectivity index (χ1) is 28.8. The van der Waals surface area contributed by atoms with Crippen LogP contribution in [0.1, 0.15) is 70.5 Å². The Hall–Kier alpha value is -5.09. The van der Waals surface area contributed by atoms with Gasteiger partial charge in [0.15, 0.2) is 0 Å². The second-order valence-electron chi connectivity index (χ2n) is 15.7. The molecule has 7 aromatic rings. The molecule has 0 amide bonds. The first kappa shape index (κ1) is 40.7. The SMILES string of the molecule is Cc1ccc(-c2cccc(-c3ccc(C)cc3)c2N=C2CCCc3cc4c(nc32)C(=Nc2c(-c3ccc(C)cc3)cccc2-c2ccc(C)cc2)CCC4)cc1.[Cl][Fe][Cl]. The fourth-order valence-corrected chi connectivity index (χ4v) is 8.29. The van der Waals surface area contributed by atoms with E-state index in [1.54, 1.807) is 0 Å². The van der Waals surface area contributed by atoms with E-state index in [-0.39, 0.29) is 13.1 Å². The van der Waals surface area contributed by atoms with Crippen molar-refractivity contribution < 1.29 is 13.1 Å². The zero-order valence-electron chi connectivity index (χ0n) is 34.0. The summed E-state index contributed by atoms with van der Waals surface area (Å²) < 4.78 is 0. The van der Waals surface area contributed by atoms with Crippen molar-refractivity contribution in [1.82, 2.24) is 4.98 Å². The van der Waals surface area contributed by atoms with Crippen LogP contribution in [0.15, 0.2) is 150 Å². The van der Waals surface area contributed by atoms with Gasteiger partial charge in [0.25, 0.3) is 0 Å². The Morgan fingerprint density at radius 1 is 0.424 bits per heavy atom. The first-order valence-electron chi connectivity index (χ1n) is 20.4. The molecule has 0 N–H and O–H groups in total. The van der Waals surface area contributed by atoms with Gasteiger partial charge in [0.05, 0.1) is 34.2 Å². The van der Waals surface area contributed by atoms with Crippen LogP contribution in [0.5, 0.6) is 0 Å². The number of fused-ring (bicyclic) bond motifs is 2. The zero-order chi connectivity index (χ0) is 40.9. The van der Waals surface area contributed by atoms with Crippen molar-refractivity contribution in [2.45, 2.75) is 66.2 Å². The van der Waals surface area contributed by atoms with E-state index in [0.717, 1.165) is 95.0 Å². The molecular weight excluding hydrogens is 805 g/mol. The number of halogens is 2. The van der Waals surface area contributed by atoms with E-state index in [1.165, 1.54) is 55.6 Å². The molecule has 0 atom stereocenters. The number of aliphatic imine (C=N–C) groups is 2. The quantitative estimate of drug-likeness (QED) is 0.154. The van der Waals surface area contributed by atoms with Crippen molar-refractivity contribution >= 4 is 43.0 Å². The number of hydrogen-bond donors (Lipinski definition) is 0. The molecule has 296 valence electrons. The van der Waals surface area contributed by atoms with Gasteiger partial charge in [-0.3, -0.25) is 0 Å². The normalized spacial score (nSPS) is 14.7. The third kappa shape index (κ3) is 9.08. The number of rotatable bonds is 6. The van der Waals surface area contributed by atoms with Crippen LogP contribution in [-0.4, -0.2) is 16.4 Å². The maximum atomic E-state index is 5.65. The predicted octanol–water partition coefficient (Wildman–Crippen LogP) is 15.3. The van der Waals surface area contributed by atoms with E-state index in [1.807, 2.05) is 0 Å². The summed E-state index contributed by atoms with van der Waals surface area (Å²) in [7, 11) is 9.53. The number of pyridine rings is 1. The van der Waals surface area contributed by atoms with Gasteiger partial charge >= 0.3 is 33.3 Å².